The molecule has 0 aromatic heterocycles. The lowest BCUT2D eigenvalue weighted by Gasteiger charge is -2.19. The highest BCUT2D eigenvalue weighted by molar-refractivity contribution is 5.73. The van der Waals surface area contributed by atoms with E-state index in [-0.39, 0.29) is 6.04 Å². The molecule has 0 saturated carbocycles. The van der Waals surface area contributed by atoms with Crippen LogP contribution in [0.1, 0.15) is 18.9 Å². The Labute approximate surface area is 113 Å². The minimum atomic E-state index is -0.852. The van der Waals surface area contributed by atoms with Crippen LogP contribution >= 0.6 is 0 Å². The summed E-state index contributed by atoms with van der Waals surface area (Å²) in [5, 5.41) is 15.5. The molecule has 0 heterocycles. The lowest BCUT2D eigenvalue weighted by molar-refractivity contribution is -0.140. The molecule has 5 heteroatoms. The van der Waals surface area contributed by atoms with Crippen molar-refractivity contribution in [3.63, 3.8) is 0 Å². The Morgan fingerprint density at radius 3 is 2.74 bits per heavy atom. The number of rotatable bonds is 9. The van der Waals surface area contributed by atoms with E-state index in [4.69, 9.17) is 4.84 Å². The van der Waals surface area contributed by atoms with E-state index in [0.717, 1.165) is 12.0 Å². The van der Waals surface area contributed by atoms with Gasteiger partial charge in [-0.2, -0.15) is 0 Å². The lowest BCUT2D eigenvalue weighted by atomic mass is 10.0. The Kier molecular flexibility index (Phi) is 6.60. The third-order valence-corrected chi connectivity index (χ3v) is 2.76. The molecule has 0 aliphatic carbocycles. The maximum absolute atomic E-state index is 11.2. The van der Waals surface area contributed by atoms with Crippen LogP contribution in [0.5, 0.6) is 0 Å². The summed E-state index contributed by atoms with van der Waals surface area (Å²) in [7, 11) is 0. The second-order valence-corrected chi connectivity index (χ2v) is 4.41. The summed E-state index contributed by atoms with van der Waals surface area (Å²) in [5.74, 6) is -0.852. The van der Waals surface area contributed by atoms with Crippen molar-refractivity contribution >= 4 is 12.7 Å². The van der Waals surface area contributed by atoms with E-state index in [2.05, 4.69) is 17.2 Å². The number of benzene rings is 1. The zero-order valence-electron chi connectivity index (χ0n) is 11.1. The van der Waals surface area contributed by atoms with Crippen molar-refractivity contribution in [1.29, 1.82) is 0 Å². The summed E-state index contributed by atoms with van der Waals surface area (Å²) >= 11 is 0. The predicted molar refractivity (Wildman–Crippen MR) is 74.3 cm³/mol. The summed E-state index contributed by atoms with van der Waals surface area (Å²) in [5.41, 5.74) is 1.13. The minimum absolute atomic E-state index is 0.0950. The van der Waals surface area contributed by atoms with E-state index in [1.807, 2.05) is 37.3 Å². The number of hydrogen-bond donors (Lipinski definition) is 2. The summed E-state index contributed by atoms with van der Waals surface area (Å²) in [6.45, 7) is 5.36. The van der Waals surface area contributed by atoms with Gasteiger partial charge in [-0.05, 0) is 25.3 Å². The van der Waals surface area contributed by atoms with Gasteiger partial charge >= 0.3 is 5.97 Å². The van der Waals surface area contributed by atoms with Crippen LogP contribution in [0.4, 0.5) is 0 Å². The summed E-state index contributed by atoms with van der Waals surface area (Å²) < 4.78 is 0. The highest BCUT2D eigenvalue weighted by Gasteiger charge is 2.19. The zero-order chi connectivity index (χ0) is 14.1. The first-order chi connectivity index (χ1) is 9.13. The topological polar surface area (TPSA) is 70.9 Å². The van der Waals surface area contributed by atoms with Crippen LogP contribution in [0.25, 0.3) is 0 Å². The Balaban J connectivity index is 2.44. The average molecular weight is 264 g/mol. The summed E-state index contributed by atoms with van der Waals surface area (Å²) in [4.78, 5) is 16.0. The fraction of sp³-hybridized carbons (Fsp3) is 0.429. The molecule has 1 aromatic carbocycles. The molecule has 0 amide bonds. The van der Waals surface area contributed by atoms with Gasteiger partial charge in [0.05, 0.1) is 0 Å². The molecule has 0 bridgehead atoms. The van der Waals surface area contributed by atoms with Crippen molar-refractivity contribution in [1.82, 2.24) is 5.32 Å². The molecule has 1 unspecified atom stereocenters. The van der Waals surface area contributed by atoms with Crippen molar-refractivity contribution < 1.29 is 14.7 Å². The van der Waals surface area contributed by atoms with Crippen molar-refractivity contribution in [2.24, 2.45) is 5.16 Å². The van der Waals surface area contributed by atoms with Gasteiger partial charge in [0.15, 0.2) is 0 Å². The molecule has 0 radical (unpaired) electrons. The van der Waals surface area contributed by atoms with E-state index in [0.29, 0.717) is 13.0 Å². The van der Waals surface area contributed by atoms with E-state index in [9.17, 15) is 9.90 Å². The molecule has 0 aliphatic rings. The second kappa shape index (κ2) is 8.26. The fourth-order valence-corrected chi connectivity index (χ4v) is 1.79. The number of carboxylic acid groups (broad SMARTS) is 1. The van der Waals surface area contributed by atoms with Crippen molar-refractivity contribution in [2.45, 2.75) is 31.8 Å². The van der Waals surface area contributed by atoms with Gasteiger partial charge in [0.25, 0.3) is 0 Å². The maximum Gasteiger partial charge on any atom is 0.320 e. The molecule has 2 N–H and O–H groups in total. The zero-order valence-corrected chi connectivity index (χ0v) is 11.1. The molecule has 104 valence electrons. The molecule has 19 heavy (non-hydrogen) atoms. The van der Waals surface area contributed by atoms with E-state index in [1.165, 1.54) is 0 Å². The van der Waals surface area contributed by atoms with E-state index in [1.54, 1.807) is 0 Å². The number of nitrogens with one attached hydrogen (secondary N) is 1. The molecule has 0 saturated heterocycles. The van der Waals surface area contributed by atoms with Gasteiger partial charge < -0.3 is 9.94 Å². The normalized spacial score (nSPS) is 13.5. The number of carbonyl (C=O) groups is 1. The first kappa shape index (κ1) is 15.2. The highest BCUT2D eigenvalue weighted by atomic mass is 16.6. The van der Waals surface area contributed by atoms with Gasteiger partial charge in [-0.1, -0.05) is 30.3 Å². The van der Waals surface area contributed by atoms with Gasteiger partial charge in [0.2, 0.25) is 0 Å². The lowest BCUT2D eigenvalue weighted by Crippen LogP contribution is -2.44. The standard InChI is InChI=1S/C14H20N2O3/c1-11(10-19-15-2)16-13(14(17)18)9-8-12-6-4-3-5-7-12/h3-7,11,13,16H,2,8-10H2,1H3,(H,17,18)/t11?,13-/m0/s1. The molecule has 1 rings (SSSR count). The van der Waals surface area contributed by atoms with Gasteiger partial charge in [0.1, 0.15) is 12.6 Å². The van der Waals surface area contributed by atoms with Crippen LogP contribution in [0.2, 0.25) is 0 Å². The predicted octanol–water partition coefficient (Wildman–Crippen LogP) is 1.68. The Morgan fingerprint density at radius 2 is 2.16 bits per heavy atom. The minimum Gasteiger partial charge on any atom is -0.480 e. The van der Waals surface area contributed by atoms with Crippen LogP contribution < -0.4 is 5.32 Å². The first-order valence-corrected chi connectivity index (χ1v) is 6.24. The van der Waals surface area contributed by atoms with Crippen LogP contribution in [0.3, 0.4) is 0 Å². The Morgan fingerprint density at radius 1 is 1.47 bits per heavy atom. The Hall–Kier alpha value is -1.88. The quantitative estimate of drug-likeness (QED) is 0.526. The third kappa shape index (κ3) is 6.01. The molecular formula is C14H20N2O3. The van der Waals surface area contributed by atoms with E-state index < -0.39 is 12.0 Å². The smallest absolute Gasteiger partial charge is 0.320 e. The van der Waals surface area contributed by atoms with Crippen molar-refractivity contribution in [2.75, 3.05) is 6.61 Å². The molecule has 2 atom stereocenters. The second-order valence-electron chi connectivity index (χ2n) is 4.41. The summed E-state index contributed by atoms with van der Waals surface area (Å²) in [6, 6.07) is 9.14. The summed E-state index contributed by atoms with van der Waals surface area (Å²) in [6.07, 6.45) is 1.25. The van der Waals surface area contributed by atoms with Gasteiger partial charge in [-0.25, -0.2) is 0 Å². The average Bonchev–Trinajstić information content (AvgIpc) is 2.42. The molecule has 5 nitrogen and oxygen atoms in total. The van der Waals surface area contributed by atoms with Gasteiger partial charge in [-0.3, -0.25) is 10.1 Å². The maximum atomic E-state index is 11.2. The molecule has 1 aromatic rings. The SMILES string of the molecule is C=NOCC(C)N[C@@H](CCc1ccccc1)C(=O)O. The van der Waals surface area contributed by atoms with Gasteiger partial charge in [-0.15, -0.1) is 5.16 Å². The number of hydrogen-bond acceptors (Lipinski definition) is 4. The number of aryl methyl sites for hydroxylation is 1. The van der Waals surface area contributed by atoms with Crippen LogP contribution in [0.15, 0.2) is 35.5 Å². The Bertz CT molecular complexity index is 395. The molecule has 0 spiro atoms. The van der Waals surface area contributed by atoms with Crippen LogP contribution in [-0.2, 0) is 16.1 Å². The van der Waals surface area contributed by atoms with Crippen molar-refractivity contribution in [3.8, 4) is 0 Å². The molecule has 0 aliphatic heterocycles. The number of carboxylic acids is 1. The third-order valence-electron chi connectivity index (χ3n) is 2.76. The number of nitrogens with zero attached hydrogens (tertiary/aromatic N) is 1. The fourth-order valence-electron chi connectivity index (χ4n) is 1.79. The van der Waals surface area contributed by atoms with Gasteiger partial charge in [0, 0.05) is 12.8 Å². The molecule has 0 fully saturated rings. The van der Waals surface area contributed by atoms with Crippen molar-refractivity contribution in [3.05, 3.63) is 35.9 Å². The highest BCUT2D eigenvalue weighted by Crippen LogP contribution is 2.06. The van der Waals surface area contributed by atoms with Crippen LogP contribution in [0, 0.1) is 0 Å². The molecular weight excluding hydrogens is 244 g/mol. The number of oxime groups is 1. The number of aliphatic carboxylic acids is 1. The van der Waals surface area contributed by atoms with Crippen LogP contribution in [-0.4, -0.2) is 36.5 Å². The largest absolute Gasteiger partial charge is 0.480 e. The van der Waals surface area contributed by atoms with E-state index >= 15 is 0 Å². The monoisotopic (exact) mass is 264 g/mol. The first-order valence-electron chi connectivity index (χ1n) is 6.24.